The zero-order valence-electron chi connectivity index (χ0n) is 55.9. The van der Waals surface area contributed by atoms with Crippen LogP contribution in [-0.2, 0) is 5.41 Å². The van der Waals surface area contributed by atoms with Gasteiger partial charge in [0.2, 0.25) is 0 Å². The number of furan rings is 1. The van der Waals surface area contributed by atoms with Gasteiger partial charge in [-0.2, -0.15) is 0 Å². The van der Waals surface area contributed by atoms with Gasteiger partial charge in [0.15, 0.2) is 0 Å². The van der Waals surface area contributed by atoms with Gasteiger partial charge in [0.1, 0.15) is 11.2 Å². The lowest BCUT2D eigenvalue weighted by Gasteiger charge is -2.46. The van der Waals surface area contributed by atoms with E-state index in [0.29, 0.717) is 0 Å². The summed E-state index contributed by atoms with van der Waals surface area (Å²) in [4.78, 5) is 5.34. The minimum absolute atomic E-state index is 0.255. The molecule has 0 amide bonds. The SMILES string of the molecule is CC(C)(C)c1cc2c3c(c1)N(c1c(-c4ccccc4)cccc1-c1ccccc1)c1cc(-c4ccc5c(-c6ccccc6)c6ccccc6c(-c6ccccc6)c5c4)ccc1B3c1cc(-c3cccc4c3oc3ccccc34)ccc1N2c1c(-c2ccccc2)cccc1-c1ccccc1. The van der Waals surface area contributed by atoms with Crippen LogP contribution in [0.4, 0.5) is 34.1 Å². The zero-order valence-corrected chi connectivity index (χ0v) is 55.9. The number of fused-ring (bicyclic) bond motifs is 9. The van der Waals surface area contributed by atoms with Crippen molar-refractivity contribution in [2.24, 2.45) is 0 Å². The number of rotatable bonds is 10. The lowest BCUT2D eigenvalue weighted by atomic mass is 9.33. The van der Waals surface area contributed by atoms with E-state index < -0.39 is 0 Å². The highest BCUT2D eigenvalue weighted by atomic mass is 16.3. The van der Waals surface area contributed by atoms with Gasteiger partial charge in [-0.3, -0.25) is 0 Å². The minimum atomic E-state index is -0.303. The number of nitrogens with zero attached hydrogens (tertiary/aromatic N) is 2. The van der Waals surface area contributed by atoms with Crippen LogP contribution in [0.15, 0.2) is 356 Å². The smallest absolute Gasteiger partial charge is 0.252 e. The molecule has 16 aromatic carbocycles. The van der Waals surface area contributed by atoms with Gasteiger partial charge < -0.3 is 14.2 Å². The summed E-state index contributed by atoms with van der Waals surface area (Å²) in [7, 11) is 0. The monoisotopic (exact) mass is 1270 g/mol. The largest absolute Gasteiger partial charge is 0.455 e. The maximum Gasteiger partial charge on any atom is 0.252 e. The molecular formula is C96H67BN2O. The van der Waals surface area contributed by atoms with Crippen LogP contribution in [0.1, 0.15) is 26.3 Å². The average molecular weight is 1280 g/mol. The molecule has 3 heterocycles. The lowest BCUT2D eigenvalue weighted by Crippen LogP contribution is -2.61. The van der Waals surface area contributed by atoms with Gasteiger partial charge in [-0.05, 0) is 147 Å². The van der Waals surface area contributed by atoms with Crippen LogP contribution in [0.3, 0.4) is 0 Å². The van der Waals surface area contributed by atoms with Crippen molar-refractivity contribution < 1.29 is 4.42 Å². The molecule has 4 heteroatoms. The maximum atomic E-state index is 6.95. The Morgan fingerprint density at radius 1 is 0.260 bits per heavy atom. The van der Waals surface area contributed by atoms with Crippen molar-refractivity contribution >= 4 is 101 Å². The van der Waals surface area contributed by atoms with E-state index >= 15 is 0 Å². The van der Waals surface area contributed by atoms with Gasteiger partial charge in [-0.25, -0.2) is 0 Å². The molecule has 19 rings (SSSR count). The van der Waals surface area contributed by atoms with Crippen LogP contribution in [0, 0.1) is 0 Å². The van der Waals surface area contributed by atoms with Crippen molar-refractivity contribution in [3.63, 3.8) is 0 Å². The highest BCUT2D eigenvalue weighted by Gasteiger charge is 2.46. The summed E-state index contributed by atoms with van der Waals surface area (Å²) in [5.74, 6) is 0. The fraction of sp³-hybridized carbons (Fsp3) is 0.0417. The van der Waals surface area contributed by atoms with Crippen LogP contribution in [0.2, 0.25) is 0 Å². The quantitative estimate of drug-likeness (QED) is 0.100. The Hall–Kier alpha value is -12.5. The summed E-state index contributed by atoms with van der Waals surface area (Å²) < 4.78 is 6.95. The molecule has 100 heavy (non-hydrogen) atoms. The van der Waals surface area contributed by atoms with Gasteiger partial charge in [-0.1, -0.05) is 336 Å². The number of para-hydroxylation sites is 4. The van der Waals surface area contributed by atoms with E-state index in [1.807, 2.05) is 0 Å². The molecule has 17 aromatic rings. The summed E-state index contributed by atoms with van der Waals surface area (Å²) in [6.07, 6.45) is 0. The van der Waals surface area contributed by atoms with Crippen molar-refractivity contribution in [3.05, 3.63) is 357 Å². The molecule has 470 valence electrons. The molecule has 0 aliphatic carbocycles. The van der Waals surface area contributed by atoms with Gasteiger partial charge in [0.25, 0.3) is 6.71 Å². The molecule has 0 saturated carbocycles. The second-order valence-electron chi connectivity index (χ2n) is 27.8. The topological polar surface area (TPSA) is 19.6 Å². The normalized spacial score (nSPS) is 12.5. The molecule has 0 spiro atoms. The third-order valence-electron chi connectivity index (χ3n) is 21.0. The summed E-state index contributed by atoms with van der Waals surface area (Å²) in [5.41, 5.74) is 31.5. The molecule has 2 aliphatic heterocycles. The Balaban J connectivity index is 0.954. The third kappa shape index (κ3) is 9.58. The van der Waals surface area contributed by atoms with E-state index in [2.05, 4.69) is 382 Å². The van der Waals surface area contributed by atoms with Gasteiger partial charge in [0, 0.05) is 61.3 Å². The second kappa shape index (κ2) is 23.7. The van der Waals surface area contributed by atoms with E-state index in [0.717, 1.165) is 123 Å². The number of hydrogen-bond donors (Lipinski definition) is 0. The molecule has 0 atom stereocenters. The first-order chi connectivity index (χ1) is 49.3. The standard InChI is InChI=1S/C96H67BN2O/c1-96(2,3)71-60-87-92-88(61-71)99(94-74(64-33-14-6-15-34-64)46-27-47-75(94)65-35-16-7-17-36-65)86-59-69(68-51-54-80-82(57-68)91(67-39-20-9-21-40-67)79-43-23-22-42-78(79)90(80)66-37-18-8-19-38-66)52-55-83(86)97(92)84-58-70(76-48-28-49-81-77-41-24-25-50-89(77)100-95(76)81)53-56-85(84)98(87)93-72(62-29-10-4-11-30-62)44-26-45-73(93)63-31-12-5-13-32-63/h4-61H,1-3H3. The summed E-state index contributed by atoms with van der Waals surface area (Å²) in [6.45, 7) is 6.87. The molecule has 0 radical (unpaired) electrons. The van der Waals surface area contributed by atoms with Crippen molar-refractivity contribution in [2.45, 2.75) is 26.2 Å². The van der Waals surface area contributed by atoms with Gasteiger partial charge in [-0.15, -0.1) is 0 Å². The Kier molecular flexibility index (Phi) is 13.9. The number of anilines is 6. The Morgan fingerprint density at radius 2 is 0.660 bits per heavy atom. The van der Waals surface area contributed by atoms with E-state index in [9.17, 15) is 0 Å². The Bertz CT molecular complexity index is 5940. The predicted molar refractivity (Wildman–Crippen MR) is 425 cm³/mol. The molecule has 0 N–H and O–H groups in total. The zero-order chi connectivity index (χ0) is 66.6. The number of hydrogen-bond acceptors (Lipinski definition) is 3. The molecular weight excluding hydrogens is 1210 g/mol. The minimum Gasteiger partial charge on any atom is -0.455 e. The second-order valence-corrected chi connectivity index (χ2v) is 27.8. The van der Waals surface area contributed by atoms with Crippen LogP contribution < -0.4 is 26.2 Å². The molecule has 3 nitrogen and oxygen atoms in total. The average Bonchev–Trinajstić information content (AvgIpc) is 0.721. The molecule has 2 aliphatic rings. The highest BCUT2D eigenvalue weighted by Crippen LogP contribution is 2.55. The van der Waals surface area contributed by atoms with E-state index in [-0.39, 0.29) is 12.1 Å². The summed E-state index contributed by atoms with van der Waals surface area (Å²) >= 11 is 0. The highest BCUT2D eigenvalue weighted by molar-refractivity contribution is 7.00. The molecule has 1 aromatic heterocycles. The molecule has 0 fully saturated rings. The van der Waals surface area contributed by atoms with Gasteiger partial charge >= 0.3 is 0 Å². The summed E-state index contributed by atoms with van der Waals surface area (Å²) in [5, 5.41) is 7.10. The van der Waals surface area contributed by atoms with Crippen molar-refractivity contribution in [3.8, 4) is 89.0 Å². The fourth-order valence-electron chi connectivity index (χ4n) is 16.4. The van der Waals surface area contributed by atoms with Gasteiger partial charge in [0.05, 0.1) is 11.4 Å². The predicted octanol–water partition coefficient (Wildman–Crippen LogP) is 24.6. The Labute approximate surface area is 583 Å². The first kappa shape index (κ1) is 58.8. The Morgan fingerprint density at radius 3 is 1.18 bits per heavy atom. The maximum absolute atomic E-state index is 6.95. The van der Waals surface area contributed by atoms with Crippen LogP contribution in [-0.4, -0.2) is 6.71 Å². The van der Waals surface area contributed by atoms with Crippen LogP contribution in [0.25, 0.3) is 132 Å². The molecule has 0 saturated heterocycles. The molecule has 0 bridgehead atoms. The van der Waals surface area contributed by atoms with E-state index in [1.165, 1.54) is 65.8 Å². The lowest BCUT2D eigenvalue weighted by molar-refractivity contribution is 0.590. The van der Waals surface area contributed by atoms with E-state index in [4.69, 9.17) is 4.42 Å². The van der Waals surface area contributed by atoms with Crippen LogP contribution >= 0.6 is 0 Å². The fourth-order valence-corrected chi connectivity index (χ4v) is 16.4. The van der Waals surface area contributed by atoms with E-state index in [1.54, 1.807) is 0 Å². The number of benzene rings is 16. The van der Waals surface area contributed by atoms with Crippen molar-refractivity contribution in [1.82, 2.24) is 0 Å². The van der Waals surface area contributed by atoms with Crippen LogP contribution in [0.5, 0.6) is 0 Å². The first-order valence-corrected chi connectivity index (χ1v) is 34.8. The summed E-state index contributed by atoms with van der Waals surface area (Å²) in [6, 6.07) is 131. The van der Waals surface area contributed by atoms with Crippen molar-refractivity contribution in [1.29, 1.82) is 0 Å². The molecule has 0 unspecified atom stereocenters. The third-order valence-corrected chi connectivity index (χ3v) is 21.0. The first-order valence-electron chi connectivity index (χ1n) is 34.8. The van der Waals surface area contributed by atoms with Crippen molar-refractivity contribution in [2.75, 3.05) is 9.80 Å².